The van der Waals surface area contributed by atoms with Gasteiger partial charge in [0.1, 0.15) is 5.82 Å². The molecule has 1 atom stereocenters. The number of rotatable bonds is 2. The second kappa shape index (κ2) is 2.47. The fourth-order valence-corrected chi connectivity index (χ4v) is 1.59. The van der Waals surface area contributed by atoms with Crippen LogP contribution in [-0.2, 0) is 0 Å². The number of hydrogen-bond donors (Lipinski definition) is 1. The molecule has 0 aromatic carbocycles. The second-order valence-corrected chi connectivity index (χ2v) is 3.54. The Morgan fingerprint density at radius 1 is 1.58 bits per heavy atom. The molecule has 0 aliphatic heterocycles. The lowest BCUT2D eigenvalue weighted by molar-refractivity contribution is 0.430. The zero-order chi connectivity index (χ0) is 8.72. The Kier molecular flexibility index (Phi) is 1.56. The van der Waals surface area contributed by atoms with Gasteiger partial charge in [-0.25, -0.2) is 4.68 Å². The van der Waals surface area contributed by atoms with E-state index in [4.69, 9.17) is 5.73 Å². The molecule has 1 aromatic rings. The smallest absolute Gasteiger partial charge is 0.239 e. The van der Waals surface area contributed by atoms with Crippen LogP contribution in [0.25, 0.3) is 0 Å². The quantitative estimate of drug-likeness (QED) is 0.716. The molecular formula is C8H14N4. The Morgan fingerprint density at radius 3 is 2.67 bits per heavy atom. The lowest BCUT2D eigenvalue weighted by Gasteiger charge is -2.10. The van der Waals surface area contributed by atoms with Crippen LogP contribution in [0, 0.1) is 12.8 Å². The van der Waals surface area contributed by atoms with Gasteiger partial charge in [-0.3, -0.25) is 0 Å². The summed E-state index contributed by atoms with van der Waals surface area (Å²) in [7, 11) is 0. The van der Waals surface area contributed by atoms with E-state index in [1.165, 1.54) is 12.8 Å². The summed E-state index contributed by atoms with van der Waals surface area (Å²) in [4.78, 5) is 4.07. The molecule has 1 saturated carbocycles. The SMILES string of the molecule is Cc1nc(N)nn1C(C)C1CC1. The highest BCUT2D eigenvalue weighted by atomic mass is 15.4. The number of aromatic nitrogens is 3. The van der Waals surface area contributed by atoms with Crippen molar-refractivity contribution in [1.29, 1.82) is 0 Å². The Labute approximate surface area is 71.8 Å². The predicted octanol–water partition coefficient (Wildman–Crippen LogP) is 1.14. The Balaban J connectivity index is 2.25. The molecule has 1 aromatic heterocycles. The van der Waals surface area contributed by atoms with Crippen molar-refractivity contribution in [3.63, 3.8) is 0 Å². The Hall–Kier alpha value is -1.06. The maximum atomic E-state index is 5.49. The third-order valence-corrected chi connectivity index (χ3v) is 2.51. The summed E-state index contributed by atoms with van der Waals surface area (Å²) in [5, 5.41) is 4.15. The summed E-state index contributed by atoms with van der Waals surface area (Å²) in [6.07, 6.45) is 2.64. The maximum absolute atomic E-state index is 5.49. The van der Waals surface area contributed by atoms with Crippen molar-refractivity contribution in [1.82, 2.24) is 14.8 Å². The predicted molar refractivity (Wildman–Crippen MR) is 46.6 cm³/mol. The molecule has 0 spiro atoms. The molecule has 4 nitrogen and oxygen atoms in total. The highest BCUT2D eigenvalue weighted by Gasteiger charge is 2.30. The summed E-state index contributed by atoms with van der Waals surface area (Å²) in [6.45, 7) is 4.13. The lowest BCUT2D eigenvalue weighted by atomic mass is 10.2. The van der Waals surface area contributed by atoms with Crippen LogP contribution in [0.5, 0.6) is 0 Å². The molecular weight excluding hydrogens is 152 g/mol. The van der Waals surface area contributed by atoms with Crippen molar-refractivity contribution >= 4 is 5.95 Å². The first kappa shape index (κ1) is 7.58. The Bertz CT molecular complexity index is 287. The summed E-state index contributed by atoms with van der Waals surface area (Å²) in [5.74, 6) is 2.11. The van der Waals surface area contributed by atoms with E-state index in [1.807, 2.05) is 11.6 Å². The molecule has 1 unspecified atom stereocenters. The number of nitrogens with two attached hydrogens (primary N) is 1. The van der Waals surface area contributed by atoms with Crippen LogP contribution in [0.2, 0.25) is 0 Å². The number of nitrogen functional groups attached to an aromatic ring is 1. The van der Waals surface area contributed by atoms with Gasteiger partial charge in [-0.1, -0.05) is 0 Å². The third-order valence-electron chi connectivity index (χ3n) is 2.51. The Morgan fingerprint density at radius 2 is 2.25 bits per heavy atom. The normalized spacial score (nSPS) is 19.5. The minimum Gasteiger partial charge on any atom is -0.366 e. The minimum absolute atomic E-state index is 0.389. The van der Waals surface area contributed by atoms with Gasteiger partial charge >= 0.3 is 0 Å². The van der Waals surface area contributed by atoms with Crippen molar-refractivity contribution in [2.75, 3.05) is 5.73 Å². The number of nitrogens with zero attached hydrogens (tertiary/aromatic N) is 3. The zero-order valence-corrected chi connectivity index (χ0v) is 7.49. The number of hydrogen-bond acceptors (Lipinski definition) is 3. The maximum Gasteiger partial charge on any atom is 0.239 e. The number of anilines is 1. The molecule has 0 amide bonds. The summed E-state index contributed by atoms with van der Waals surface area (Å²) in [5.41, 5.74) is 5.49. The molecule has 2 N–H and O–H groups in total. The van der Waals surface area contributed by atoms with Gasteiger partial charge in [0.05, 0.1) is 6.04 Å². The largest absolute Gasteiger partial charge is 0.366 e. The van der Waals surface area contributed by atoms with E-state index >= 15 is 0 Å². The summed E-state index contributed by atoms with van der Waals surface area (Å²) in [6, 6.07) is 0.467. The van der Waals surface area contributed by atoms with Crippen molar-refractivity contribution in [3.05, 3.63) is 5.82 Å². The second-order valence-electron chi connectivity index (χ2n) is 3.54. The van der Waals surface area contributed by atoms with Gasteiger partial charge in [-0.15, -0.1) is 5.10 Å². The lowest BCUT2D eigenvalue weighted by Crippen LogP contribution is -2.10. The molecule has 0 bridgehead atoms. The fraction of sp³-hybridized carbons (Fsp3) is 0.750. The molecule has 0 saturated heterocycles. The first-order valence-electron chi connectivity index (χ1n) is 4.37. The first-order valence-corrected chi connectivity index (χ1v) is 4.37. The van der Waals surface area contributed by atoms with E-state index < -0.39 is 0 Å². The van der Waals surface area contributed by atoms with Gasteiger partial charge in [-0.2, -0.15) is 4.98 Å². The molecule has 0 radical (unpaired) electrons. The third kappa shape index (κ3) is 1.17. The van der Waals surface area contributed by atoms with Crippen molar-refractivity contribution in [2.24, 2.45) is 5.92 Å². The van der Waals surface area contributed by atoms with E-state index in [0.29, 0.717) is 12.0 Å². The monoisotopic (exact) mass is 166 g/mol. The first-order chi connectivity index (χ1) is 5.68. The van der Waals surface area contributed by atoms with Gasteiger partial charge in [0.25, 0.3) is 0 Å². The van der Waals surface area contributed by atoms with Crippen molar-refractivity contribution < 1.29 is 0 Å². The number of aryl methyl sites for hydroxylation is 1. The van der Waals surface area contributed by atoms with E-state index in [-0.39, 0.29) is 0 Å². The van der Waals surface area contributed by atoms with Crippen LogP contribution in [0.15, 0.2) is 0 Å². The van der Waals surface area contributed by atoms with Gasteiger partial charge in [0.2, 0.25) is 5.95 Å². The van der Waals surface area contributed by atoms with Gasteiger partial charge < -0.3 is 5.73 Å². The standard InChI is InChI=1S/C8H14N4/c1-5(7-3-4-7)12-6(2)10-8(9)11-12/h5,7H,3-4H2,1-2H3,(H2,9,11). The van der Waals surface area contributed by atoms with Crippen LogP contribution in [0.4, 0.5) is 5.95 Å². The van der Waals surface area contributed by atoms with Crippen LogP contribution in [0.1, 0.15) is 31.6 Å². The topological polar surface area (TPSA) is 56.7 Å². The molecule has 1 aliphatic carbocycles. The van der Waals surface area contributed by atoms with Crippen molar-refractivity contribution in [3.8, 4) is 0 Å². The fourth-order valence-electron chi connectivity index (χ4n) is 1.59. The summed E-state index contributed by atoms with van der Waals surface area (Å²) >= 11 is 0. The van der Waals surface area contributed by atoms with E-state index in [1.54, 1.807) is 0 Å². The van der Waals surface area contributed by atoms with Gasteiger partial charge in [-0.05, 0) is 32.6 Å². The average molecular weight is 166 g/mol. The highest BCUT2D eigenvalue weighted by Crippen LogP contribution is 2.39. The molecule has 1 heterocycles. The minimum atomic E-state index is 0.389. The van der Waals surface area contributed by atoms with Crippen molar-refractivity contribution in [2.45, 2.75) is 32.7 Å². The van der Waals surface area contributed by atoms with Gasteiger partial charge in [0, 0.05) is 0 Å². The summed E-state index contributed by atoms with van der Waals surface area (Å²) < 4.78 is 1.94. The van der Waals surface area contributed by atoms with Crippen LogP contribution < -0.4 is 5.73 Å². The van der Waals surface area contributed by atoms with E-state index in [2.05, 4.69) is 17.0 Å². The molecule has 1 aliphatic rings. The molecule has 12 heavy (non-hydrogen) atoms. The highest BCUT2D eigenvalue weighted by molar-refractivity contribution is 5.13. The molecule has 1 fully saturated rings. The van der Waals surface area contributed by atoms with Crippen LogP contribution >= 0.6 is 0 Å². The van der Waals surface area contributed by atoms with E-state index in [0.717, 1.165) is 11.7 Å². The van der Waals surface area contributed by atoms with E-state index in [9.17, 15) is 0 Å². The average Bonchev–Trinajstić information content (AvgIpc) is 2.77. The van der Waals surface area contributed by atoms with Gasteiger partial charge in [0.15, 0.2) is 0 Å². The molecule has 66 valence electrons. The van der Waals surface area contributed by atoms with Crippen LogP contribution in [-0.4, -0.2) is 14.8 Å². The molecule has 4 heteroatoms. The zero-order valence-electron chi connectivity index (χ0n) is 7.49. The van der Waals surface area contributed by atoms with Crippen LogP contribution in [0.3, 0.4) is 0 Å². The molecule has 2 rings (SSSR count).